The fourth-order valence-electron chi connectivity index (χ4n) is 1.85. The third-order valence-electron chi connectivity index (χ3n) is 2.80. The summed E-state index contributed by atoms with van der Waals surface area (Å²) < 4.78 is 0. The molecule has 19 heavy (non-hydrogen) atoms. The molecule has 1 N–H and O–H groups in total. The summed E-state index contributed by atoms with van der Waals surface area (Å²) in [4.78, 5) is 23.0. The second-order valence-corrected chi connectivity index (χ2v) is 5.41. The molecule has 0 aliphatic heterocycles. The molecule has 0 bridgehead atoms. The Balaban J connectivity index is 2.42. The first kappa shape index (κ1) is 15.7. The van der Waals surface area contributed by atoms with Gasteiger partial charge in [-0.25, -0.2) is 0 Å². The molecule has 0 aliphatic carbocycles. The molecule has 1 unspecified atom stereocenters. The first-order valence-corrected chi connectivity index (χ1v) is 6.89. The predicted octanol–water partition coefficient (Wildman–Crippen LogP) is 2.92. The Bertz CT molecular complexity index is 417. The van der Waals surface area contributed by atoms with Crippen LogP contribution in [0.15, 0.2) is 30.3 Å². The Morgan fingerprint density at radius 2 is 1.84 bits per heavy atom. The highest BCUT2D eigenvalue weighted by atomic mass is 35.5. The molecule has 0 aromatic heterocycles. The van der Waals surface area contributed by atoms with Crippen molar-refractivity contribution in [3.05, 3.63) is 35.9 Å². The first-order valence-electron chi connectivity index (χ1n) is 6.51. The van der Waals surface area contributed by atoms with Crippen LogP contribution in [0.5, 0.6) is 0 Å². The van der Waals surface area contributed by atoms with Crippen molar-refractivity contribution < 1.29 is 9.59 Å². The van der Waals surface area contributed by atoms with Gasteiger partial charge in [-0.2, -0.15) is 0 Å². The van der Waals surface area contributed by atoms with E-state index in [2.05, 4.69) is 5.32 Å². The van der Waals surface area contributed by atoms with Crippen molar-refractivity contribution >= 4 is 22.8 Å². The van der Waals surface area contributed by atoms with Crippen LogP contribution in [0.3, 0.4) is 0 Å². The minimum atomic E-state index is -0.579. The van der Waals surface area contributed by atoms with Crippen LogP contribution < -0.4 is 5.32 Å². The lowest BCUT2D eigenvalue weighted by Gasteiger charge is -2.16. The van der Waals surface area contributed by atoms with Crippen molar-refractivity contribution in [2.75, 3.05) is 0 Å². The number of amides is 1. The highest BCUT2D eigenvalue weighted by Crippen LogP contribution is 2.08. The molecule has 0 fully saturated rings. The second kappa shape index (κ2) is 7.95. The number of benzene rings is 1. The number of carbonyl (C=O) groups excluding carboxylic acids is 2. The minimum absolute atomic E-state index is 0.136. The van der Waals surface area contributed by atoms with Gasteiger partial charge in [-0.3, -0.25) is 9.59 Å². The smallest absolute Gasteiger partial charge is 0.244 e. The molecular weight excluding hydrogens is 262 g/mol. The SMILES string of the molecule is CC(C)CC(NC(=O)CCc1ccccc1)C(=O)Cl. The van der Waals surface area contributed by atoms with Crippen LogP contribution in [-0.2, 0) is 16.0 Å². The van der Waals surface area contributed by atoms with Gasteiger partial charge in [0.15, 0.2) is 0 Å². The van der Waals surface area contributed by atoms with E-state index in [4.69, 9.17) is 11.6 Å². The van der Waals surface area contributed by atoms with E-state index in [9.17, 15) is 9.59 Å². The quantitative estimate of drug-likeness (QED) is 0.781. The van der Waals surface area contributed by atoms with E-state index in [1.807, 2.05) is 44.2 Å². The van der Waals surface area contributed by atoms with E-state index >= 15 is 0 Å². The standard InChI is InChI=1S/C15H20ClNO2/c1-11(2)10-13(15(16)19)17-14(18)9-8-12-6-4-3-5-7-12/h3-7,11,13H,8-10H2,1-2H3,(H,17,18). The summed E-state index contributed by atoms with van der Waals surface area (Å²) in [7, 11) is 0. The highest BCUT2D eigenvalue weighted by molar-refractivity contribution is 6.64. The minimum Gasteiger partial charge on any atom is -0.345 e. The molecule has 0 aliphatic rings. The van der Waals surface area contributed by atoms with E-state index in [1.54, 1.807) is 0 Å². The monoisotopic (exact) mass is 281 g/mol. The third-order valence-corrected chi connectivity index (χ3v) is 3.06. The maximum Gasteiger partial charge on any atom is 0.244 e. The Labute approximate surface area is 119 Å². The normalized spacial score (nSPS) is 12.2. The van der Waals surface area contributed by atoms with Gasteiger partial charge >= 0.3 is 0 Å². The van der Waals surface area contributed by atoms with E-state index in [1.165, 1.54) is 0 Å². The Hall–Kier alpha value is -1.35. The second-order valence-electron chi connectivity index (χ2n) is 5.04. The maximum absolute atomic E-state index is 11.8. The molecule has 1 rings (SSSR count). The zero-order valence-electron chi connectivity index (χ0n) is 11.4. The first-order chi connectivity index (χ1) is 8.99. The van der Waals surface area contributed by atoms with Gasteiger partial charge in [0, 0.05) is 6.42 Å². The van der Waals surface area contributed by atoms with Gasteiger partial charge < -0.3 is 5.32 Å². The Kier molecular flexibility index (Phi) is 6.57. The zero-order valence-corrected chi connectivity index (χ0v) is 12.1. The van der Waals surface area contributed by atoms with Crippen LogP contribution in [0.25, 0.3) is 0 Å². The lowest BCUT2D eigenvalue weighted by molar-refractivity contribution is -0.125. The molecule has 0 radical (unpaired) electrons. The molecule has 0 saturated heterocycles. The fraction of sp³-hybridized carbons (Fsp3) is 0.467. The largest absolute Gasteiger partial charge is 0.345 e. The van der Waals surface area contributed by atoms with E-state index in [-0.39, 0.29) is 5.91 Å². The fourth-order valence-corrected chi connectivity index (χ4v) is 1.99. The summed E-state index contributed by atoms with van der Waals surface area (Å²) in [6, 6.07) is 9.20. The zero-order chi connectivity index (χ0) is 14.3. The summed E-state index contributed by atoms with van der Waals surface area (Å²) >= 11 is 5.50. The lowest BCUT2D eigenvalue weighted by Crippen LogP contribution is -2.39. The molecule has 1 aromatic rings. The van der Waals surface area contributed by atoms with Crippen molar-refractivity contribution in [2.45, 2.75) is 39.2 Å². The topological polar surface area (TPSA) is 46.2 Å². The van der Waals surface area contributed by atoms with Crippen LogP contribution in [-0.4, -0.2) is 17.2 Å². The maximum atomic E-state index is 11.8. The number of rotatable bonds is 7. The van der Waals surface area contributed by atoms with Crippen molar-refractivity contribution in [1.82, 2.24) is 5.32 Å². The molecular formula is C15H20ClNO2. The average molecular weight is 282 g/mol. The van der Waals surface area contributed by atoms with Gasteiger partial charge in [0.2, 0.25) is 11.1 Å². The van der Waals surface area contributed by atoms with Crippen LogP contribution in [0.1, 0.15) is 32.3 Å². The summed E-state index contributed by atoms with van der Waals surface area (Å²) in [5, 5.41) is 2.20. The van der Waals surface area contributed by atoms with Gasteiger partial charge in [0.1, 0.15) is 6.04 Å². The molecule has 0 spiro atoms. The molecule has 1 amide bonds. The van der Waals surface area contributed by atoms with Crippen molar-refractivity contribution in [1.29, 1.82) is 0 Å². The Morgan fingerprint density at radius 1 is 1.21 bits per heavy atom. The number of aryl methyl sites for hydroxylation is 1. The average Bonchev–Trinajstić information content (AvgIpc) is 2.36. The number of nitrogens with one attached hydrogen (secondary N) is 1. The molecule has 1 aromatic carbocycles. The van der Waals surface area contributed by atoms with E-state index in [0.717, 1.165) is 5.56 Å². The molecule has 0 heterocycles. The number of halogens is 1. The molecule has 3 nitrogen and oxygen atoms in total. The number of hydrogen-bond acceptors (Lipinski definition) is 2. The van der Waals surface area contributed by atoms with Crippen LogP contribution in [0, 0.1) is 5.92 Å². The molecule has 1 atom stereocenters. The van der Waals surface area contributed by atoms with Gasteiger partial charge in [-0.05, 0) is 35.9 Å². The molecule has 104 valence electrons. The van der Waals surface area contributed by atoms with Crippen LogP contribution in [0.4, 0.5) is 0 Å². The van der Waals surface area contributed by atoms with Crippen LogP contribution >= 0.6 is 11.6 Å². The number of hydrogen-bond donors (Lipinski definition) is 1. The van der Waals surface area contributed by atoms with Crippen LogP contribution in [0.2, 0.25) is 0 Å². The Morgan fingerprint density at radius 3 is 2.37 bits per heavy atom. The lowest BCUT2D eigenvalue weighted by atomic mass is 10.0. The summed E-state index contributed by atoms with van der Waals surface area (Å²) in [6.07, 6.45) is 1.60. The van der Waals surface area contributed by atoms with Crippen molar-refractivity contribution in [3.63, 3.8) is 0 Å². The van der Waals surface area contributed by atoms with Crippen molar-refractivity contribution in [2.24, 2.45) is 5.92 Å². The van der Waals surface area contributed by atoms with Gasteiger partial charge in [-0.1, -0.05) is 44.2 Å². The van der Waals surface area contributed by atoms with E-state index in [0.29, 0.717) is 25.2 Å². The van der Waals surface area contributed by atoms with E-state index < -0.39 is 11.3 Å². The van der Waals surface area contributed by atoms with Gasteiger partial charge in [-0.15, -0.1) is 0 Å². The molecule has 0 saturated carbocycles. The predicted molar refractivity (Wildman–Crippen MR) is 77.0 cm³/mol. The third kappa shape index (κ3) is 6.39. The van der Waals surface area contributed by atoms with Gasteiger partial charge in [0.25, 0.3) is 0 Å². The number of carbonyl (C=O) groups is 2. The summed E-state index contributed by atoms with van der Waals surface area (Å²) in [6.45, 7) is 3.98. The molecule has 4 heteroatoms. The van der Waals surface area contributed by atoms with Gasteiger partial charge in [0.05, 0.1) is 0 Å². The summed E-state index contributed by atoms with van der Waals surface area (Å²) in [5.41, 5.74) is 1.11. The highest BCUT2D eigenvalue weighted by Gasteiger charge is 2.19. The van der Waals surface area contributed by atoms with Crippen molar-refractivity contribution in [3.8, 4) is 0 Å². The summed E-state index contributed by atoms with van der Waals surface area (Å²) in [5.74, 6) is 0.172.